The van der Waals surface area contributed by atoms with Crippen molar-refractivity contribution in [2.45, 2.75) is 26.7 Å². The Morgan fingerprint density at radius 3 is 2.83 bits per heavy atom. The second-order valence-electron chi connectivity index (χ2n) is 6.93. The first-order valence-electron chi connectivity index (χ1n) is 7.69. The Hall–Kier alpha value is -2.05. The van der Waals surface area contributed by atoms with Crippen LogP contribution in [0.1, 0.15) is 50.9 Å². The molecule has 0 aromatic carbocycles. The molecule has 0 bridgehead atoms. The van der Waals surface area contributed by atoms with E-state index in [-0.39, 0.29) is 17.0 Å². The lowest BCUT2D eigenvalue weighted by molar-refractivity contribution is 0.0910. The van der Waals surface area contributed by atoms with Crippen molar-refractivity contribution in [1.29, 1.82) is 0 Å². The van der Waals surface area contributed by atoms with Crippen LogP contribution >= 0.6 is 22.7 Å². The zero-order valence-electron chi connectivity index (χ0n) is 13.4. The number of carbonyl (C=O) groups excluding carboxylic acids is 2. The van der Waals surface area contributed by atoms with Crippen molar-refractivity contribution in [3.8, 4) is 0 Å². The number of ketones is 2. The van der Waals surface area contributed by atoms with Gasteiger partial charge in [0.2, 0.25) is 5.78 Å². The fourth-order valence-corrected chi connectivity index (χ4v) is 4.97. The van der Waals surface area contributed by atoms with Gasteiger partial charge >= 0.3 is 0 Å². The van der Waals surface area contributed by atoms with Crippen LogP contribution in [0.25, 0.3) is 10.2 Å². The second-order valence-corrected chi connectivity index (χ2v) is 8.87. The molecule has 1 aliphatic carbocycles. The largest absolute Gasteiger partial charge is 0.397 e. The summed E-state index contributed by atoms with van der Waals surface area (Å²) in [4.78, 5) is 31.7. The van der Waals surface area contributed by atoms with Crippen LogP contribution in [0.15, 0.2) is 23.6 Å². The number of hydrogen-bond acceptors (Lipinski definition) is 6. The summed E-state index contributed by atoms with van der Waals surface area (Å²) in [6.07, 6.45) is 1.27. The van der Waals surface area contributed by atoms with Crippen molar-refractivity contribution in [1.82, 2.24) is 4.98 Å². The van der Waals surface area contributed by atoms with Crippen LogP contribution in [0, 0.1) is 5.41 Å². The lowest BCUT2D eigenvalue weighted by Crippen LogP contribution is -2.27. The SMILES string of the molecule is CC1(C)CC(=O)c2cc3c(N)c(C(=O)c4cccs4)sc3nc2C1. The summed E-state index contributed by atoms with van der Waals surface area (Å²) in [5.41, 5.74) is 8.05. The average molecular weight is 356 g/mol. The molecule has 3 heterocycles. The second kappa shape index (κ2) is 5.22. The Kier molecular flexibility index (Phi) is 3.37. The molecule has 122 valence electrons. The molecule has 1 aliphatic rings. The standard InChI is InChI=1S/C18H16N2O2S2/c1-18(2)7-11-9(12(21)8-18)6-10-14(19)16(24-17(10)20-11)15(22)13-4-3-5-23-13/h3-6H,7-8,19H2,1-2H3. The van der Waals surface area contributed by atoms with E-state index in [9.17, 15) is 9.59 Å². The molecule has 0 amide bonds. The molecule has 6 heteroatoms. The zero-order chi connectivity index (χ0) is 17.1. The Balaban J connectivity index is 1.88. The number of thiophene rings is 2. The number of anilines is 1. The molecule has 0 aliphatic heterocycles. The van der Waals surface area contributed by atoms with Gasteiger partial charge in [0.25, 0.3) is 0 Å². The van der Waals surface area contributed by atoms with Gasteiger partial charge in [0.05, 0.1) is 16.3 Å². The van der Waals surface area contributed by atoms with Gasteiger partial charge in [-0.2, -0.15) is 0 Å². The van der Waals surface area contributed by atoms with Gasteiger partial charge in [0, 0.05) is 17.4 Å². The molecule has 0 saturated heterocycles. The van der Waals surface area contributed by atoms with Crippen molar-refractivity contribution in [2.24, 2.45) is 5.41 Å². The molecule has 0 saturated carbocycles. The molecule has 24 heavy (non-hydrogen) atoms. The highest BCUT2D eigenvalue weighted by molar-refractivity contribution is 7.22. The van der Waals surface area contributed by atoms with Gasteiger partial charge in [-0.1, -0.05) is 19.9 Å². The predicted molar refractivity (Wildman–Crippen MR) is 98.2 cm³/mol. The number of Topliss-reactive ketones (excluding diaryl/α,β-unsaturated/α-hetero) is 1. The topological polar surface area (TPSA) is 73.1 Å². The van der Waals surface area contributed by atoms with Gasteiger partial charge in [0.15, 0.2) is 5.78 Å². The van der Waals surface area contributed by atoms with Gasteiger partial charge in [-0.25, -0.2) is 4.98 Å². The zero-order valence-corrected chi connectivity index (χ0v) is 15.0. The van der Waals surface area contributed by atoms with Crippen molar-refractivity contribution in [3.63, 3.8) is 0 Å². The predicted octanol–water partition coefficient (Wildman–Crippen LogP) is 4.33. The smallest absolute Gasteiger partial charge is 0.215 e. The summed E-state index contributed by atoms with van der Waals surface area (Å²) >= 11 is 2.71. The van der Waals surface area contributed by atoms with Crippen LogP contribution in [-0.2, 0) is 6.42 Å². The molecule has 3 aromatic rings. The Bertz CT molecular complexity index is 984. The van der Waals surface area contributed by atoms with Crippen LogP contribution in [0.2, 0.25) is 0 Å². The average Bonchev–Trinajstić information content (AvgIpc) is 3.13. The van der Waals surface area contributed by atoms with E-state index in [4.69, 9.17) is 5.73 Å². The summed E-state index contributed by atoms with van der Waals surface area (Å²) in [6.45, 7) is 4.16. The van der Waals surface area contributed by atoms with Gasteiger partial charge in [-0.15, -0.1) is 22.7 Å². The Morgan fingerprint density at radius 2 is 2.12 bits per heavy atom. The van der Waals surface area contributed by atoms with E-state index in [2.05, 4.69) is 18.8 Å². The van der Waals surface area contributed by atoms with Crippen LogP contribution in [-0.4, -0.2) is 16.6 Å². The molecule has 0 unspecified atom stereocenters. The first kappa shape index (κ1) is 15.5. The minimum absolute atomic E-state index is 0.0740. The monoisotopic (exact) mass is 356 g/mol. The van der Waals surface area contributed by atoms with Crippen molar-refractivity contribution >= 4 is 50.1 Å². The number of carbonyl (C=O) groups is 2. The van der Waals surface area contributed by atoms with Crippen LogP contribution in [0.4, 0.5) is 5.69 Å². The minimum atomic E-state index is -0.0802. The molecule has 3 aromatic heterocycles. The van der Waals surface area contributed by atoms with Crippen LogP contribution < -0.4 is 5.73 Å². The van der Waals surface area contributed by atoms with Crippen LogP contribution in [0.3, 0.4) is 0 Å². The first-order chi connectivity index (χ1) is 11.4. The summed E-state index contributed by atoms with van der Waals surface area (Å²) in [5.74, 6) is 0.0301. The minimum Gasteiger partial charge on any atom is -0.397 e. The van der Waals surface area contributed by atoms with Crippen molar-refractivity contribution < 1.29 is 9.59 Å². The maximum Gasteiger partial charge on any atom is 0.215 e. The van der Waals surface area contributed by atoms with Gasteiger partial charge in [0.1, 0.15) is 9.71 Å². The number of nitrogen functional groups attached to an aromatic ring is 1. The molecule has 0 radical (unpaired) electrons. The third-order valence-corrected chi connectivity index (χ3v) is 6.32. The van der Waals surface area contributed by atoms with Crippen LogP contribution in [0.5, 0.6) is 0 Å². The van der Waals surface area contributed by atoms with E-state index < -0.39 is 0 Å². The molecule has 4 rings (SSSR count). The number of rotatable bonds is 2. The molecule has 4 nitrogen and oxygen atoms in total. The van der Waals surface area contributed by atoms with E-state index in [1.165, 1.54) is 22.7 Å². The summed E-state index contributed by atoms with van der Waals surface area (Å²) in [6, 6.07) is 5.46. The normalized spacial score (nSPS) is 16.3. The third-order valence-electron chi connectivity index (χ3n) is 4.34. The Labute approximate surface area is 147 Å². The molecular weight excluding hydrogens is 340 g/mol. The fourth-order valence-electron chi connectivity index (χ4n) is 3.19. The highest BCUT2D eigenvalue weighted by Gasteiger charge is 2.33. The van der Waals surface area contributed by atoms with E-state index in [0.717, 1.165) is 16.9 Å². The van der Waals surface area contributed by atoms with Gasteiger partial charge in [-0.05, 0) is 29.3 Å². The van der Waals surface area contributed by atoms with E-state index in [0.29, 0.717) is 32.8 Å². The number of hydrogen-bond donors (Lipinski definition) is 1. The number of pyridine rings is 1. The fraction of sp³-hybridized carbons (Fsp3) is 0.278. The lowest BCUT2D eigenvalue weighted by atomic mass is 9.75. The summed E-state index contributed by atoms with van der Waals surface area (Å²) in [7, 11) is 0. The highest BCUT2D eigenvalue weighted by atomic mass is 32.1. The lowest BCUT2D eigenvalue weighted by Gasteiger charge is -2.29. The maximum absolute atomic E-state index is 12.6. The summed E-state index contributed by atoms with van der Waals surface area (Å²) < 4.78 is 0. The maximum atomic E-state index is 12.6. The highest BCUT2D eigenvalue weighted by Crippen LogP contribution is 2.40. The van der Waals surface area contributed by atoms with Gasteiger partial charge in [-0.3, -0.25) is 9.59 Å². The van der Waals surface area contributed by atoms with E-state index in [1.807, 2.05) is 17.5 Å². The quantitative estimate of drug-likeness (QED) is 0.694. The molecular formula is C18H16N2O2S2. The first-order valence-corrected chi connectivity index (χ1v) is 9.39. The number of nitrogens with two attached hydrogens (primary N) is 1. The van der Waals surface area contributed by atoms with E-state index in [1.54, 1.807) is 6.07 Å². The number of nitrogens with zero attached hydrogens (tertiary/aromatic N) is 1. The number of aromatic nitrogens is 1. The molecule has 0 spiro atoms. The summed E-state index contributed by atoms with van der Waals surface area (Å²) in [5, 5.41) is 2.58. The number of fused-ring (bicyclic) bond motifs is 2. The molecule has 0 atom stereocenters. The third kappa shape index (κ3) is 2.37. The molecule has 2 N–H and O–H groups in total. The van der Waals surface area contributed by atoms with Crippen molar-refractivity contribution in [3.05, 3.63) is 44.6 Å². The molecule has 0 fully saturated rings. The van der Waals surface area contributed by atoms with Gasteiger partial charge < -0.3 is 5.73 Å². The Morgan fingerprint density at radius 1 is 1.33 bits per heavy atom. The van der Waals surface area contributed by atoms with Crippen molar-refractivity contribution in [2.75, 3.05) is 5.73 Å². The van der Waals surface area contributed by atoms with E-state index >= 15 is 0 Å².